The summed E-state index contributed by atoms with van der Waals surface area (Å²) in [7, 11) is 1.49. The van der Waals surface area contributed by atoms with Gasteiger partial charge in [0.15, 0.2) is 0 Å². The molecule has 2 rings (SSSR count). The Morgan fingerprint density at radius 1 is 1.13 bits per heavy atom. The van der Waals surface area contributed by atoms with Gasteiger partial charge in [-0.3, -0.25) is 9.59 Å². The molecule has 0 aliphatic heterocycles. The van der Waals surface area contributed by atoms with Crippen LogP contribution in [0.5, 0.6) is 11.5 Å². The minimum Gasteiger partial charge on any atom is -0.508 e. The standard InChI is InChI=1S/C17H18N2O4/c1-3-16(21)19-14-9-11(7-8-15(14)23-2)17(22)18-12-5-4-6-13(20)10-12/h4-10,20H,3H2,1-2H3,(H,18,22)(H,19,21). The van der Waals surface area contributed by atoms with Crippen molar-refractivity contribution in [1.82, 2.24) is 0 Å². The molecule has 0 saturated heterocycles. The van der Waals surface area contributed by atoms with Crippen LogP contribution in [0, 0.1) is 0 Å². The highest BCUT2D eigenvalue weighted by atomic mass is 16.5. The molecule has 0 radical (unpaired) electrons. The fourth-order valence-electron chi connectivity index (χ4n) is 1.97. The maximum atomic E-state index is 12.3. The van der Waals surface area contributed by atoms with Crippen molar-refractivity contribution in [2.45, 2.75) is 13.3 Å². The first kappa shape index (κ1) is 16.4. The number of carbonyl (C=O) groups excluding carboxylic acids is 2. The molecule has 0 spiro atoms. The van der Waals surface area contributed by atoms with Gasteiger partial charge in [-0.25, -0.2) is 0 Å². The Balaban J connectivity index is 2.23. The van der Waals surface area contributed by atoms with Crippen molar-refractivity contribution in [2.24, 2.45) is 0 Å². The Hall–Kier alpha value is -3.02. The Bertz CT molecular complexity index is 728. The van der Waals surface area contributed by atoms with Gasteiger partial charge in [-0.15, -0.1) is 0 Å². The van der Waals surface area contributed by atoms with E-state index in [9.17, 15) is 14.7 Å². The summed E-state index contributed by atoms with van der Waals surface area (Å²) in [6, 6.07) is 11.0. The number of nitrogens with one attached hydrogen (secondary N) is 2. The Kier molecular flexibility index (Phi) is 5.19. The van der Waals surface area contributed by atoms with Crippen molar-refractivity contribution < 1.29 is 19.4 Å². The van der Waals surface area contributed by atoms with E-state index in [1.807, 2.05) is 0 Å². The van der Waals surface area contributed by atoms with Crippen LogP contribution in [0.2, 0.25) is 0 Å². The number of methoxy groups -OCH3 is 1. The van der Waals surface area contributed by atoms with Gasteiger partial charge in [0.2, 0.25) is 5.91 Å². The van der Waals surface area contributed by atoms with Gasteiger partial charge in [-0.05, 0) is 30.3 Å². The molecule has 0 unspecified atom stereocenters. The van der Waals surface area contributed by atoms with E-state index in [0.29, 0.717) is 29.1 Å². The monoisotopic (exact) mass is 314 g/mol. The number of carbonyl (C=O) groups is 2. The summed E-state index contributed by atoms with van der Waals surface area (Å²) in [6.07, 6.45) is 0.322. The van der Waals surface area contributed by atoms with Crippen molar-refractivity contribution in [3.05, 3.63) is 48.0 Å². The van der Waals surface area contributed by atoms with Crippen molar-refractivity contribution in [3.8, 4) is 11.5 Å². The van der Waals surface area contributed by atoms with Gasteiger partial charge in [-0.1, -0.05) is 13.0 Å². The Morgan fingerprint density at radius 2 is 1.91 bits per heavy atom. The van der Waals surface area contributed by atoms with Crippen LogP contribution in [0.3, 0.4) is 0 Å². The SMILES string of the molecule is CCC(=O)Nc1cc(C(=O)Nc2cccc(O)c2)ccc1OC. The number of hydrogen-bond acceptors (Lipinski definition) is 4. The summed E-state index contributed by atoms with van der Waals surface area (Å²) in [4.78, 5) is 23.9. The summed E-state index contributed by atoms with van der Waals surface area (Å²) >= 11 is 0. The first-order chi connectivity index (χ1) is 11.0. The van der Waals surface area contributed by atoms with Crippen LogP contribution in [-0.2, 0) is 4.79 Å². The molecule has 0 aliphatic rings. The minimum absolute atomic E-state index is 0.0634. The molecule has 6 nitrogen and oxygen atoms in total. The molecule has 6 heteroatoms. The number of phenolic OH excluding ortho intramolecular Hbond substituents is 1. The lowest BCUT2D eigenvalue weighted by Crippen LogP contribution is -2.14. The molecule has 0 aliphatic carbocycles. The van der Waals surface area contributed by atoms with Crippen molar-refractivity contribution in [1.29, 1.82) is 0 Å². The fourth-order valence-corrected chi connectivity index (χ4v) is 1.97. The summed E-state index contributed by atoms with van der Waals surface area (Å²) in [6.45, 7) is 1.74. The summed E-state index contributed by atoms with van der Waals surface area (Å²) in [5, 5.41) is 14.8. The molecule has 2 aromatic carbocycles. The maximum Gasteiger partial charge on any atom is 0.255 e. The topological polar surface area (TPSA) is 87.7 Å². The van der Waals surface area contributed by atoms with Crippen LogP contribution in [0.1, 0.15) is 23.7 Å². The minimum atomic E-state index is -0.356. The molecule has 0 aromatic heterocycles. The molecule has 0 heterocycles. The van der Waals surface area contributed by atoms with Gasteiger partial charge in [0.1, 0.15) is 11.5 Å². The number of anilines is 2. The lowest BCUT2D eigenvalue weighted by atomic mass is 10.1. The van der Waals surface area contributed by atoms with Gasteiger partial charge < -0.3 is 20.5 Å². The molecule has 120 valence electrons. The number of rotatable bonds is 5. The van der Waals surface area contributed by atoms with E-state index in [0.717, 1.165) is 0 Å². The number of benzene rings is 2. The van der Waals surface area contributed by atoms with Gasteiger partial charge >= 0.3 is 0 Å². The zero-order valence-corrected chi connectivity index (χ0v) is 12.9. The Labute approximate surface area is 134 Å². The molecule has 3 N–H and O–H groups in total. The molecule has 0 fully saturated rings. The third-order valence-electron chi connectivity index (χ3n) is 3.16. The van der Waals surface area contributed by atoms with E-state index in [-0.39, 0.29) is 17.6 Å². The smallest absolute Gasteiger partial charge is 0.255 e. The van der Waals surface area contributed by atoms with Gasteiger partial charge in [0.25, 0.3) is 5.91 Å². The van der Waals surface area contributed by atoms with Crippen LogP contribution < -0.4 is 15.4 Å². The number of phenols is 1. The van der Waals surface area contributed by atoms with Crippen LogP contribution in [0.15, 0.2) is 42.5 Å². The second kappa shape index (κ2) is 7.31. The molecular formula is C17H18N2O4. The predicted octanol–water partition coefficient (Wildman–Crippen LogP) is 3.00. The molecule has 0 atom stereocenters. The highest BCUT2D eigenvalue weighted by Crippen LogP contribution is 2.26. The molecule has 0 saturated carbocycles. The first-order valence-electron chi connectivity index (χ1n) is 7.11. The number of amides is 2. The van der Waals surface area contributed by atoms with E-state index in [1.54, 1.807) is 37.3 Å². The van der Waals surface area contributed by atoms with E-state index >= 15 is 0 Å². The fraction of sp³-hybridized carbons (Fsp3) is 0.176. The normalized spacial score (nSPS) is 10.0. The zero-order chi connectivity index (χ0) is 16.8. The van der Waals surface area contributed by atoms with Crippen LogP contribution >= 0.6 is 0 Å². The van der Waals surface area contributed by atoms with E-state index in [4.69, 9.17) is 4.74 Å². The first-order valence-corrected chi connectivity index (χ1v) is 7.11. The maximum absolute atomic E-state index is 12.3. The predicted molar refractivity (Wildman–Crippen MR) is 88.0 cm³/mol. The second-order valence-electron chi connectivity index (χ2n) is 4.82. The third-order valence-corrected chi connectivity index (χ3v) is 3.16. The van der Waals surface area contributed by atoms with E-state index in [1.165, 1.54) is 19.2 Å². The lowest BCUT2D eigenvalue weighted by Gasteiger charge is -2.12. The quantitative estimate of drug-likeness (QED) is 0.791. The molecule has 2 aromatic rings. The lowest BCUT2D eigenvalue weighted by molar-refractivity contribution is -0.115. The average Bonchev–Trinajstić information content (AvgIpc) is 2.54. The molecule has 0 bridgehead atoms. The number of hydrogen-bond donors (Lipinski definition) is 3. The summed E-state index contributed by atoms with van der Waals surface area (Å²) in [5.41, 5.74) is 1.27. The molecule has 2 amide bonds. The highest BCUT2D eigenvalue weighted by molar-refractivity contribution is 6.05. The van der Waals surface area contributed by atoms with Crippen molar-refractivity contribution >= 4 is 23.2 Å². The van der Waals surface area contributed by atoms with Gasteiger partial charge in [0, 0.05) is 23.7 Å². The summed E-state index contributed by atoms with van der Waals surface area (Å²) < 4.78 is 5.18. The van der Waals surface area contributed by atoms with Crippen molar-refractivity contribution in [2.75, 3.05) is 17.7 Å². The largest absolute Gasteiger partial charge is 0.508 e. The van der Waals surface area contributed by atoms with Gasteiger partial charge in [-0.2, -0.15) is 0 Å². The van der Waals surface area contributed by atoms with E-state index < -0.39 is 0 Å². The Morgan fingerprint density at radius 3 is 2.57 bits per heavy atom. The summed E-state index contributed by atoms with van der Waals surface area (Å²) in [5.74, 6) is 0.00762. The van der Waals surface area contributed by atoms with Crippen LogP contribution in [0.25, 0.3) is 0 Å². The van der Waals surface area contributed by atoms with Crippen LogP contribution in [-0.4, -0.2) is 24.0 Å². The van der Waals surface area contributed by atoms with Gasteiger partial charge in [0.05, 0.1) is 12.8 Å². The van der Waals surface area contributed by atoms with Crippen LogP contribution in [0.4, 0.5) is 11.4 Å². The number of ether oxygens (including phenoxy) is 1. The number of aromatic hydroxyl groups is 1. The van der Waals surface area contributed by atoms with E-state index in [2.05, 4.69) is 10.6 Å². The van der Waals surface area contributed by atoms with Crippen molar-refractivity contribution in [3.63, 3.8) is 0 Å². The third kappa shape index (κ3) is 4.23. The molecular weight excluding hydrogens is 296 g/mol. The average molecular weight is 314 g/mol. The zero-order valence-electron chi connectivity index (χ0n) is 12.9. The molecule has 23 heavy (non-hydrogen) atoms. The highest BCUT2D eigenvalue weighted by Gasteiger charge is 2.12. The second-order valence-corrected chi connectivity index (χ2v) is 4.82.